The minimum absolute atomic E-state index is 0.0731. The van der Waals surface area contributed by atoms with E-state index in [1.165, 1.54) is 23.9 Å². The summed E-state index contributed by atoms with van der Waals surface area (Å²) in [5.74, 6) is -0.0536. The Morgan fingerprint density at radius 2 is 2.14 bits per heavy atom. The highest BCUT2D eigenvalue weighted by molar-refractivity contribution is 7.89. The zero-order valence-electron chi connectivity index (χ0n) is 12.5. The number of hydrogen-bond donors (Lipinski definition) is 3. The molecule has 0 bridgehead atoms. The number of carbonyl (C=O) groups is 1. The first-order valence-electron chi connectivity index (χ1n) is 6.86. The molecule has 0 aromatic carbocycles. The van der Waals surface area contributed by atoms with Gasteiger partial charge in [0.1, 0.15) is 10.6 Å². The van der Waals surface area contributed by atoms with E-state index in [1.54, 1.807) is 7.05 Å². The van der Waals surface area contributed by atoms with Crippen molar-refractivity contribution in [3.05, 3.63) is 18.0 Å². The fourth-order valence-electron chi connectivity index (χ4n) is 2.41. The Hall–Kier alpha value is -1.38. The standard InChI is InChI=1S/C13H22N4O3S/c1-13(8-14,9-4-5-9)16-21(19,20)10-6-11(12(18)15-2)17(3)7-10/h6-7,9,16H,4-5,8,14H2,1-3H3,(H,15,18). The van der Waals surface area contributed by atoms with E-state index in [1.807, 2.05) is 6.92 Å². The van der Waals surface area contributed by atoms with Crippen LogP contribution >= 0.6 is 0 Å². The molecule has 1 saturated carbocycles. The van der Waals surface area contributed by atoms with Crippen molar-refractivity contribution in [1.29, 1.82) is 0 Å². The first kappa shape index (κ1) is 16.0. The third kappa shape index (κ3) is 3.12. The number of rotatable bonds is 6. The van der Waals surface area contributed by atoms with Crippen LogP contribution in [0.15, 0.2) is 17.2 Å². The predicted molar refractivity (Wildman–Crippen MR) is 79.3 cm³/mol. The molecule has 1 unspecified atom stereocenters. The van der Waals surface area contributed by atoms with Gasteiger partial charge < -0.3 is 15.6 Å². The highest BCUT2D eigenvalue weighted by Gasteiger charge is 2.43. The molecule has 21 heavy (non-hydrogen) atoms. The van der Waals surface area contributed by atoms with E-state index >= 15 is 0 Å². The van der Waals surface area contributed by atoms with Crippen LogP contribution in [-0.2, 0) is 17.1 Å². The average Bonchev–Trinajstić information content (AvgIpc) is 3.21. The van der Waals surface area contributed by atoms with Crippen LogP contribution in [-0.4, -0.2) is 38.0 Å². The number of amides is 1. The van der Waals surface area contributed by atoms with Crippen LogP contribution in [0.4, 0.5) is 0 Å². The summed E-state index contributed by atoms with van der Waals surface area (Å²) in [4.78, 5) is 11.7. The molecule has 4 N–H and O–H groups in total. The summed E-state index contributed by atoms with van der Waals surface area (Å²) in [6.07, 6.45) is 3.39. The van der Waals surface area contributed by atoms with Crippen LogP contribution in [0, 0.1) is 5.92 Å². The zero-order chi connectivity index (χ0) is 15.8. The second kappa shape index (κ2) is 5.43. The Bertz CT molecular complexity index is 648. The van der Waals surface area contributed by atoms with Crippen molar-refractivity contribution in [2.75, 3.05) is 13.6 Å². The number of sulfonamides is 1. The summed E-state index contributed by atoms with van der Waals surface area (Å²) in [5, 5.41) is 2.48. The number of hydrogen-bond acceptors (Lipinski definition) is 4. The Labute approximate surface area is 124 Å². The van der Waals surface area contributed by atoms with E-state index in [9.17, 15) is 13.2 Å². The number of carbonyl (C=O) groups excluding carboxylic acids is 1. The summed E-state index contributed by atoms with van der Waals surface area (Å²) >= 11 is 0. The molecule has 0 radical (unpaired) electrons. The van der Waals surface area contributed by atoms with E-state index < -0.39 is 15.6 Å². The molecule has 1 aromatic heterocycles. The lowest BCUT2D eigenvalue weighted by atomic mass is 9.98. The Morgan fingerprint density at radius 1 is 1.52 bits per heavy atom. The molecular weight excluding hydrogens is 292 g/mol. The summed E-state index contributed by atoms with van der Waals surface area (Å²) in [6, 6.07) is 1.37. The van der Waals surface area contributed by atoms with E-state index in [2.05, 4.69) is 10.0 Å². The van der Waals surface area contributed by atoms with Crippen LogP contribution < -0.4 is 15.8 Å². The summed E-state index contributed by atoms with van der Waals surface area (Å²) in [5.41, 5.74) is 5.40. The summed E-state index contributed by atoms with van der Waals surface area (Å²) in [7, 11) is -0.577. The molecule has 1 atom stereocenters. The van der Waals surface area contributed by atoms with Crippen molar-refractivity contribution >= 4 is 15.9 Å². The van der Waals surface area contributed by atoms with Crippen LogP contribution in [0.25, 0.3) is 0 Å². The van der Waals surface area contributed by atoms with Gasteiger partial charge in [-0.15, -0.1) is 0 Å². The van der Waals surface area contributed by atoms with Gasteiger partial charge in [0, 0.05) is 32.4 Å². The second-order valence-corrected chi connectivity index (χ2v) is 7.43. The van der Waals surface area contributed by atoms with Crippen LogP contribution in [0.2, 0.25) is 0 Å². The van der Waals surface area contributed by atoms with E-state index in [4.69, 9.17) is 5.73 Å². The van der Waals surface area contributed by atoms with Crippen molar-refractivity contribution in [2.24, 2.45) is 18.7 Å². The minimum Gasteiger partial charge on any atom is -0.354 e. The fraction of sp³-hybridized carbons (Fsp3) is 0.615. The van der Waals surface area contributed by atoms with E-state index in [0.29, 0.717) is 5.69 Å². The highest BCUT2D eigenvalue weighted by atomic mass is 32.2. The summed E-state index contributed by atoms with van der Waals surface area (Å²) in [6.45, 7) is 2.07. The molecule has 8 heteroatoms. The van der Waals surface area contributed by atoms with Gasteiger partial charge in [-0.1, -0.05) is 0 Å². The smallest absolute Gasteiger partial charge is 0.267 e. The first-order chi connectivity index (χ1) is 9.73. The van der Waals surface area contributed by atoms with Crippen molar-refractivity contribution in [1.82, 2.24) is 14.6 Å². The lowest BCUT2D eigenvalue weighted by Crippen LogP contribution is -2.52. The van der Waals surface area contributed by atoms with Crippen molar-refractivity contribution in [3.63, 3.8) is 0 Å². The SMILES string of the molecule is CNC(=O)c1cc(S(=O)(=O)NC(C)(CN)C2CC2)cn1C. The maximum Gasteiger partial charge on any atom is 0.267 e. The Balaban J connectivity index is 2.29. The molecule has 0 aliphatic heterocycles. The molecule has 1 aliphatic rings. The number of nitrogens with two attached hydrogens (primary N) is 1. The molecule has 0 spiro atoms. The molecule has 7 nitrogen and oxygen atoms in total. The maximum absolute atomic E-state index is 12.5. The lowest BCUT2D eigenvalue weighted by Gasteiger charge is -2.28. The van der Waals surface area contributed by atoms with Gasteiger partial charge in [0.05, 0.1) is 0 Å². The van der Waals surface area contributed by atoms with Crippen LogP contribution in [0.3, 0.4) is 0 Å². The maximum atomic E-state index is 12.5. The number of nitrogens with zero attached hydrogens (tertiary/aromatic N) is 1. The highest BCUT2D eigenvalue weighted by Crippen LogP contribution is 2.39. The molecule has 0 saturated heterocycles. The lowest BCUT2D eigenvalue weighted by molar-refractivity contribution is 0.0955. The molecule has 1 fully saturated rings. The molecule has 2 rings (SSSR count). The van der Waals surface area contributed by atoms with Gasteiger partial charge in [-0.3, -0.25) is 4.79 Å². The largest absolute Gasteiger partial charge is 0.354 e. The monoisotopic (exact) mass is 314 g/mol. The van der Waals surface area contributed by atoms with E-state index in [0.717, 1.165) is 12.8 Å². The van der Waals surface area contributed by atoms with Crippen LogP contribution in [0.1, 0.15) is 30.3 Å². The minimum atomic E-state index is -3.71. The number of aromatic nitrogens is 1. The van der Waals surface area contributed by atoms with Gasteiger partial charge >= 0.3 is 0 Å². The third-order valence-corrected chi connectivity index (χ3v) is 5.60. The number of nitrogens with one attached hydrogen (secondary N) is 2. The molecule has 1 aliphatic carbocycles. The van der Waals surface area contributed by atoms with Crippen LogP contribution in [0.5, 0.6) is 0 Å². The topological polar surface area (TPSA) is 106 Å². The normalized spacial score (nSPS) is 18.3. The average molecular weight is 314 g/mol. The zero-order valence-corrected chi connectivity index (χ0v) is 13.3. The second-order valence-electron chi connectivity index (χ2n) is 5.75. The van der Waals surface area contributed by atoms with Crippen molar-refractivity contribution in [2.45, 2.75) is 30.2 Å². The molecule has 1 aromatic rings. The molecule has 1 amide bonds. The van der Waals surface area contributed by atoms with Gasteiger partial charge in [-0.05, 0) is 31.7 Å². The van der Waals surface area contributed by atoms with E-state index in [-0.39, 0.29) is 23.3 Å². The third-order valence-electron chi connectivity index (χ3n) is 4.02. The molecule has 1 heterocycles. The van der Waals surface area contributed by atoms with Gasteiger partial charge in [0.2, 0.25) is 10.0 Å². The van der Waals surface area contributed by atoms with Gasteiger partial charge in [0.15, 0.2) is 0 Å². The summed E-state index contributed by atoms with van der Waals surface area (Å²) < 4.78 is 29.2. The number of aryl methyl sites for hydroxylation is 1. The Kier molecular flexibility index (Phi) is 4.14. The predicted octanol–water partition coefficient (Wildman–Crippen LogP) is -0.210. The van der Waals surface area contributed by atoms with Crippen molar-refractivity contribution < 1.29 is 13.2 Å². The van der Waals surface area contributed by atoms with Gasteiger partial charge in [0.25, 0.3) is 5.91 Å². The first-order valence-corrected chi connectivity index (χ1v) is 8.34. The Morgan fingerprint density at radius 3 is 2.62 bits per heavy atom. The van der Waals surface area contributed by atoms with Crippen molar-refractivity contribution in [3.8, 4) is 0 Å². The molecule has 118 valence electrons. The quantitative estimate of drug-likeness (QED) is 0.675. The van der Waals surface area contributed by atoms with Gasteiger partial charge in [-0.2, -0.15) is 0 Å². The molecular formula is C13H22N4O3S. The fourth-order valence-corrected chi connectivity index (χ4v) is 3.96. The van der Waals surface area contributed by atoms with Gasteiger partial charge in [-0.25, -0.2) is 13.1 Å².